The SMILES string of the molecule is CCNCc1ccc(Br)cc1N1CC(C(N)=O)CCC1C. The summed E-state index contributed by atoms with van der Waals surface area (Å²) in [6.45, 7) is 6.81. The summed E-state index contributed by atoms with van der Waals surface area (Å²) in [5, 5.41) is 3.38. The molecule has 0 bridgehead atoms. The van der Waals surface area contributed by atoms with Gasteiger partial charge in [0.05, 0.1) is 5.92 Å². The van der Waals surface area contributed by atoms with Crippen LogP contribution in [0.4, 0.5) is 5.69 Å². The lowest BCUT2D eigenvalue weighted by atomic mass is 9.92. The van der Waals surface area contributed by atoms with E-state index in [9.17, 15) is 4.79 Å². The highest BCUT2D eigenvalue weighted by Gasteiger charge is 2.29. The minimum atomic E-state index is -0.185. The molecule has 116 valence electrons. The van der Waals surface area contributed by atoms with Gasteiger partial charge in [-0.25, -0.2) is 0 Å². The third kappa shape index (κ3) is 3.98. The molecule has 1 saturated heterocycles. The number of anilines is 1. The van der Waals surface area contributed by atoms with E-state index >= 15 is 0 Å². The van der Waals surface area contributed by atoms with Crippen molar-refractivity contribution >= 4 is 27.5 Å². The van der Waals surface area contributed by atoms with E-state index < -0.39 is 0 Å². The third-order valence-corrected chi connectivity index (χ3v) is 4.70. The van der Waals surface area contributed by atoms with Gasteiger partial charge in [-0.15, -0.1) is 0 Å². The molecule has 0 spiro atoms. The number of hydrogen-bond acceptors (Lipinski definition) is 3. The van der Waals surface area contributed by atoms with Gasteiger partial charge in [0.25, 0.3) is 0 Å². The van der Waals surface area contributed by atoms with Crippen LogP contribution in [0.25, 0.3) is 0 Å². The number of rotatable bonds is 5. The molecule has 1 fully saturated rings. The van der Waals surface area contributed by atoms with Crippen molar-refractivity contribution in [1.82, 2.24) is 5.32 Å². The first-order chi connectivity index (χ1) is 10.0. The number of nitrogens with two attached hydrogens (primary N) is 1. The molecule has 5 heteroatoms. The van der Waals surface area contributed by atoms with Crippen LogP contribution < -0.4 is 16.0 Å². The Hall–Kier alpha value is -1.07. The number of halogens is 1. The molecule has 1 heterocycles. The van der Waals surface area contributed by atoms with Crippen molar-refractivity contribution < 1.29 is 4.79 Å². The van der Waals surface area contributed by atoms with Gasteiger partial charge in [0.15, 0.2) is 0 Å². The van der Waals surface area contributed by atoms with Crippen molar-refractivity contribution in [3.05, 3.63) is 28.2 Å². The quantitative estimate of drug-likeness (QED) is 0.855. The minimum Gasteiger partial charge on any atom is -0.369 e. The first-order valence-corrected chi connectivity index (χ1v) is 8.37. The van der Waals surface area contributed by atoms with Crippen LogP contribution in [0.3, 0.4) is 0 Å². The zero-order valence-electron chi connectivity index (χ0n) is 12.7. The monoisotopic (exact) mass is 353 g/mol. The van der Waals surface area contributed by atoms with Crippen molar-refractivity contribution in [2.75, 3.05) is 18.0 Å². The molecule has 0 aliphatic carbocycles. The molecule has 3 N–H and O–H groups in total. The first kappa shape index (κ1) is 16.3. The molecular weight excluding hydrogens is 330 g/mol. The number of hydrogen-bond donors (Lipinski definition) is 2. The van der Waals surface area contributed by atoms with Gasteiger partial charge in [-0.2, -0.15) is 0 Å². The highest BCUT2D eigenvalue weighted by Crippen LogP contribution is 2.32. The van der Waals surface area contributed by atoms with Gasteiger partial charge in [0.2, 0.25) is 5.91 Å². The average molecular weight is 354 g/mol. The molecule has 1 amide bonds. The van der Waals surface area contributed by atoms with Gasteiger partial charge in [-0.1, -0.05) is 28.9 Å². The van der Waals surface area contributed by atoms with Crippen molar-refractivity contribution in [1.29, 1.82) is 0 Å². The molecule has 21 heavy (non-hydrogen) atoms. The highest BCUT2D eigenvalue weighted by molar-refractivity contribution is 9.10. The van der Waals surface area contributed by atoms with E-state index in [1.807, 2.05) is 0 Å². The van der Waals surface area contributed by atoms with E-state index in [0.717, 1.165) is 30.4 Å². The molecule has 1 aliphatic heterocycles. The Morgan fingerprint density at radius 3 is 2.90 bits per heavy atom. The van der Waals surface area contributed by atoms with E-state index in [4.69, 9.17) is 5.73 Å². The second-order valence-electron chi connectivity index (χ2n) is 5.73. The van der Waals surface area contributed by atoms with Crippen LogP contribution in [0.2, 0.25) is 0 Å². The van der Waals surface area contributed by atoms with Crippen molar-refractivity contribution in [2.45, 2.75) is 39.3 Å². The summed E-state index contributed by atoms with van der Waals surface area (Å²) in [6, 6.07) is 6.78. The number of primary amides is 1. The zero-order chi connectivity index (χ0) is 15.4. The highest BCUT2D eigenvalue weighted by atomic mass is 79.9. The molecule has 1 aromatic carbocycles. The molecule has 0 aromatic heterocycles. The Labute approximate surface area is 135 Å². The van der Waals surface area contributed by atoms with Gasteiger partial charge in [-0.3, -0.25) is 4.79 Å². The van der Waals surface area contributed by atoms with Crippen molar-refractivity contribution in [3.63, 3.8) is 0 Å². The lowest BCUT2D eigenvalue weighted by Gasteiger charge is -2.39. The summed E-state index contributed by atoms with van der Waals surface area (Å²) in [4.78, 5) is 13.9. The first-order valence-electron chi connectivity index (χ1n) is 7.58. The fraction of sp³-hybridized carbons (Fsp3) is 0.562. The van der Waals surface area contributed by atoms with Crippen LogP contribution in [0.5, 0.6) is 0 Å². The Kier molecular flexibility index (Phi) is 5.65. The largest absolute Gasteiger partial charge is 0.369 e. The Morgan fingerprint density at radius 2 is 2.24 bits per heavy atom. The molecule has 1 aliphatic rings. The van der Waals surface area contributed by atoms with Gasteiger partial charge in [-0.05, 0) is 44.0 Å². The van der Waals surface area contributed by atoms with Crippen molar-refractivity contribution in [2.24, 2.45) is 11.7 Å². The predicted octanol–water partition coefficient (Wildman–Crippen LogP) is 2.65. The number of carbonyl (C=O) groups excluding carboxylic acids is 1. The van der Waals surface area contributed by atoms with Gasteiger partial charge in [0, 0.05) is 29.3 Å². The standard InChI is InChI=1S/C16H24BrN3O/c1-3-19-9-12-6-7-14(17)8-15(12)20-10-13(16(18)21)5-4-11(20)2/h6-8,11,13,19H,3-5,9-10H2,1-2H3,(H2,18,21). The van der Waals surface area contributed by atoms with Crippen LogP contribution >= 0.6 is 15.9 Å². The van der Waals surface area contributed by atoms with E-state index in [1.54, 1.807) is 0 Å². The van der Waals surface area contributed by atoms with Gasteiger partial charge in [0.1, 0.15) is 0 Å². The summed E-state index contributed by atoms with van der Waals surface area (Å²) in [5.41, 5.74) is 7.97. The summed E-state index contributed by atoms with van der Waals surface area (Å²) in [7, 11) is 0. The zero-order valence-corrected chi connectivity index (χ0v) is 14.3. The maximum atomic E-state index is 11.5. The van der Waals surface area contributed by atoms with Crippen molar-refractivity contribution in [3.8, 4) is 0 Å². The predicted molar refractivity (Wildman–Crippen MR) is 90.2 cm³/mol. The lowest BCUT2D eigenvalue weighted by Crippen LogP contribution is -2.46. The van der Waals surface area contributed by atoms with Gasteiger partial charge >= 0.3 is 0 Å². The molecule has 1 aromatic rings. The fourth-order valence-corrected chi connectivity index (χ4v) is 3.24. The molecule has 2 atom stereocenters. The van der Waals surface area contributed by atoms with E-state index in [-0.39, 0.29) is 11.8 Å². The Balaban J connectivity index is 2.28. The number of benzene rings is 1. The topological polar surface area (TPSA) is 58.4 Å². The normalized spacial score (nSPS) is 22.3. The maximum absolute atomic E-state index is 11.5. The number of amides is 1. The van der Waals surface area contributed by atoms with E-state index in [1.165, 1.54) is 11.3 Å². The second-order valence-corrected chi connectivity index (χ2v) is 6.65. The van der Waals surface area contributed by atoms with E-state index in [2.05, 4.69) is 58.2 Å². The fourth-order valence-electron chi connectivity index (χ4n) is 2.89. The number of piperidine rings is 1. The molecule has 4 nitrogen and oxygen atoms in total. The smallest absolute Gasteiger partial charge is 0.222 e. The van der Waals surface area contributed by atoms with Crippen LogP contribution in [0.1, 0.15) is 32.3 Å². The number of nitrogens with one attached hydrogen (secondary N) is 1. The lowest BCUT2D eigenvalue weighted by molar-refractivity contribution is -0.122. The van der Waals surface area contributed by atoms with Crippen LogP contribution in [0, 0.1) is 5.92 Å². The Bertz CT molecular complexity index is 506. The molecule has 0 radical (unpaired) electrons. The van der Waals surface area contributed by atoms with Gasteiger partial charge < -0.3 is 16.0 Å². The Morgan fingerprint density at radius 1 is 1.48 bits per heavy atom. The average Bonchev–Trinajstić information content (AvgIpc) is 2.46. The number of nitrogens with zero attached hydrogens (tertiary/aromatic N) is 1. The molecular formula is C16H24BrN3O. The summed E-state index contributed by atoms with van der Waals surface area (Å²) >= 11 is 3.56. The van der Waals surface area contributed by atoms with Crippen LogP contribution in [-0.2, 0) is 11.3 Å². The maximum Gasteiger partial charge on any atom is 0.222 e. The summed E-state index contributed by atoms with van der Waals surface area (Å²) < 4.78 is 1.06. The molecule has 2 rings (SSSR count). The summed E-state index contributed by atoms with van der Waals surface area (Å²) in [5.74, 6) is -0.234. The molecule has 2 unspecified atom stereocenters. The summed E-state index contributed by atoms with van der Waals surface area (Å²) in [6.07, 6.45) is 1.89. The van der Waals surface area contributed by atoms with Crippen LogP contribution in [-0.4, -0.2) is 25.0 Å². The molecule has 0 saturated carbocycles. The van der Waals surface area contributed by atoms with E-state index in [0.29, 0.717) is 12.6 Å². The third-order valence-electron chi connectivity index (χ3n) is 4.21. The number of carbonyl (C=O) groups is 1. The second kappa shape index (κ2) is 7.27. The minimum absolute atomic E-state index is 0.0489. The van der Waals surface area contributed by atoms with Crippen LogP contribution in [0.15, 0.2) is 22.7 Å².